The van der Waals surface area contributed by atoms with Crippen molar-refractivity contribution in [1.29, 1.82) is 0 Å². The highest BCUT2D eigenvalue weighted by atomic mass is 16.6. The summed E-state index contributed by atoms with van der Waals surface area (Å²) in [7, 11) is 3.10. The molecule has 2 heterocycles. The number of ether oxygens (including phenoxy) is 3. The summed E-state index contributed by atoms with van der Waals surface area (Å²) in [5, 5.41) is 1.15. The zero-order valence-corrected chi connectivity index (χ0v) is 29.9. The lowest BCUT2D eigenvalue weighted by Gasteiger charge is -2.40. The van der Waals surface area contributed by atoms with Crippen LogP contribution in [0.3, 0.4) is 0 Å². The number of carbonyl (C=O) groups excluding carboxylic acids is 3. The van der Waals surface area contributed by atoms with Crippen molar-refractivity contribution >= 4 is 28.9 Å². The molecule has 9 heteroatoms. The number of likely N-dealkylation sites (tertiary alicyclic amines) is 1. The predicted octanol–water partition coefficient (Wildman–Crippen LogP) is 7.66. The Kier molecular flexibility index (Phi) is 10.6. The summed E-state index contributed by atoms with van der Waals surface area (Å²) in [6.07, 6.45) is 5.27. The fourth-order valence-electron chi connectivity index (χ4n) is 7.17. The first-order valence-corrected chi connectivity index (χ1v) is 17.7. The van der Waals surface area contributed by atoms with Gasteiger partial charge in [-0.2, -0.15) is 0 Å². The molecule has 0 unspecified atom stereocenters. The highest BCUT2D eigenvalue weighted by molar-refractivity contribution is 5.91. The molecule has 1 aliphatic carbocycles. The summed E-state index contributed by atoms with van der Waals surface area (Å²) in [5.41, 5.74) is 5.01. The highest BCUT2D eigenvalue weighted by Gasteiger charge is 2.43. The molecular formula is C41H49N3O6. The Hall–Kier alpha value is -4.63. The van der Waals surface area contributed by atoms with Gasteiger partial charge < -0.3 is 28.6 Å². The monoisotopic (exact) mass is 679 g/mol. The highest BCUT2D eigenvalue weighted by Crippen LogP contribution is 2.40. The van der Waals surface area contributed by atoms with Crippen LogP contribution in [-0.4, -0.2) is 77.9 Å². The molecule has 4 aromatic rings. The number of aromatic nitrogens is 1. The largest absolute Gasteiger partial charge is 0.465 e. The van der Waals surface area contributed by atoms with E-state index in [-0.39, 0.29) is 36.5 Å². The van der Waals surface area contributed by atoms with Crippen LogP contribution in [0, 0.1) is 5.92 Å². The van der Waals surface area contributed by atoms with E-state index in [1.54, 1.807) is 18.1 Å². The molecule has 2 fully saturated rings. The lowest BCUT2D eigenvalue weighted by atomic mass is 9.78. The molecule has 3 aromatic carbocycles. The molecule has 2 aliphatic rings. The second-order valence-corrected chi connectivity index (χ2v) is 14.5. The molecule has 6 rings (SSSR count). The summed E-state index contributed by atoms with van der Waals surface area (Å²) >= 11 is 0. The van der Waals surface area contributed by atoms with Crippen LogP contribution in [0.5, 0.6) is 0 Å². The summed E-state index contributed by atoms with van der Waals surface area (Å²) in [5.74, 6) is -0.883. The van der Waals surface area contributed by atoms with Crippen LogP contribution in [-0.2, 0) is 32.1 Å². The number of aryl methyl sites for hydroxylation is 1. The minimum Gasteiger partial charge on any atom is -0.465 e. The smallest absolute Gasteiger partial charge is 0.410 e. The quantitative estimate of drug-likeness (QED) is 0.119. The lowest BCUT2D eigenvalue weighted by molar-refractivity contribution is -0.139. The number of rotatable bonds is 11. The molecule has 0 spiro atoms. The van der Waals surface area contributed by atoms with Crippen LogP contribution in [0.4, 0.5) is 4.79 Å². The Morgan fingerprint density at radius 2 is 1.64 bits per heavy atom. The topological polar surface area (TPSA) is 90.3 Å². The first kappa shape index (κ1) is 35.2. The number of fused-ring (bicyclic) bond motifs is 1. The molecular weight excluding hydrogens is 630 g/mol. The van der Waals surface area contributed by atoms with Crippen LogP contribution in [0.1, 0.15) is 73.9 Å². The van der Waals surface area contributed by atoms with Crippen LogP contribution < -0.4 is 0 Å². The van der Waals surface area contributed by atoms with Crippen molar-refractivity contribution in [2.24, 2.45) is 5.92 Å². The summed E-state index contributed by atoms with van der Waals surface area (Å²) < 4.78 is 18.3. The second-order valence-electron chi connectivity index (χ2n) is 14.5. The number of esters is 1. The fraction of sp³-hybridized carbons (Fsp3) is 0.439. The maximum Gasteiger partial charge on any atom is 0.410 e. The summed E-state index contributed by atoms with van der Waals surface area (Å²) in [6.45, 7) is 8.39. The van der Waals surface area contributed by atoms with Gasteiger partial charge in [-0.25, -0.2) is 9.59 Å². The van der Waals surface area contributed by atoms with Crippen molar-refractivity contribution in [2.75, 3.05) is 33.9 Å². The molecule has 2 atom stereocenters. The Bertz CT molecular complexity index is 1840. The van der Waals surface area contributed by atoms with Crippen molar-refractivity contribution in [3.05, 3.63) is 95.7 Å². The van der Waals surface area contributed by atoms with Gasteiger partial charge in [-0.15, -0.1) is 0 Å². The third kappa shape index (κ3) is 8.05. The number of para-hydroxylation sites is 1. The van der Waals surface area contributed by atoms with Gasteiger partial charge >= 0.3 is 12.1 Å². The van der Waals surface area contributed by atoms with Crippen LogP contribution >= 0.6 is 0 Å². The number of amides is 2. The lowest BCUT2D eigenvalue weighted by Crippen LogP contribution is -2.51. The standard InChI is InChI=1S/C41H49N3O6/c1-41(2,3)50-40(47)43-21-19-34(30-13-8-11-28(23-30)29-12-9-14-31(24-29)39(46)49-5)36(27-43)38(45)44(33-17-18-33)26-32-25-42(20-10-22-48-4)37-16-7-6-15-35(32)37/h6-9,11-16,23-25,33-34,36H,10,17-22,26-27H2,1-5H3/t34-,36+/m1/s1. The van der Waals surface area contributed by atoms with Crippen molar-refractivity contribution in [3.8, 4) is 11.1 Å². The second kappa shape index (κ2) is 15.1. The average Bonchev–Trinajstić information content (AvgIpc) is 3.91. The van der Waals surface area contributed by atoms with Gasteiger partial charge in [-0.3, -0.25) is 4.79 Å². The summed E-state index contributed by atoms with van der Waals surface area (Å²) in [6, 6.07) is 24.2. The molecule has 2 amide bonds. The Labute approximate surface area is 295 Å². The van der Waals surface area contributed by atoms with Gasteiger partial charge in [0.1, 0.15) is 5.60 Å². The number of hydrogen-bond donors (Lipinski definition) is 0. The Morgan fingerprint density at radius 1 is 0.900 bits per heavy atom. The van der Waals surface area contributed by atoms with E-state index in [4.69, 9.17) is 14.2 Å². The van der Waals surface area contributed by atoms with Gasteiger partial charge in [0.05, 0.1) is 18.6 Å². The van der Waals surface area contributed by atoms with E-state index in [1.807, 2.05) is 51.1 Å². The van der Waals surface area contributed by atoms with Crippen molar-refractivity contribution in [1.82, 2.24) is 14.4 Å². The molecule has 9 nitrogen and oxygen atoms in total. The van der Waals surface area contributed by atoms with Gasteiger partial charge in [0.25, 0.3) is 0 Å². The first-order valence-electron chi connectivity index (χ1n) is 17.7. The first-order chi connectivity index (χ1) is 24.1. The van der Waals surface area contributed by atoms with E-state index in [9.17, 15) is 14.4 Å². The van der Waals surface area contributed by atoms with Gasteiger partial charge in [0, 0.05) is 63.0 Å². The molecule has 0 radical (unpaired) electrons. The third-order valence-corrected chi connectivity index (χ3v) is 9.74. The number of piperidine rings is 1. The molecule has 1 aliphatic heterocycles. The van der Waals surface area contributed by atoms with Gasteiger partial charge in [-0.05, 0) is 92.8 Å². The van der Waals surface area contributed by atoms with Crippen molar-refractivity contribution in [3.63, 3.8) is 0 Å². The molecule has 1 aromatic heterocycles. The van der Waals surface area contributed by atoms with Crippen molar-refractivity contribution < 1.29 is 28.6 Å². The Morgan fingerprint density at radius 3 is 2.36 bits per heavy atom. The summed E-state index contributed by atoms with van der Waals surface area (Å²) in [4.78, 5) is 44.4. The van der Waals surface area contributed by atoms with E-state index in [0.29, 0.717) is 31.7 Å². The number of nitrogens with zero attached hydrogens (tertiary/aromatic N) is 3. The van der Waals surface area contributed by atoms with Gasteiger partial charge in [0.2, 0.25) is 5.91 Å². The predicted molar refractivity (Wildman–Crippen MR) is 194 cm³/mol. The number of methoxy groups -OCH3 is 2. The van der Waals surface area contributed by atoms with Crippen LogP contribution in [0.15, 0.2) is 79.0 Å². The molecule has 50 heavy (non-hydrogen) atoms. The normalized spacial score (nSPS) is 17.8. The molecule has 264 valence electrons. The van der Waals surface area contributed by atoms with E-state index in [1.165, 1.54) is 7.11 Å². The maximum absolute atomic E-state index is 15.0. The van der Waals surface area contributed by atoms with Crippen LogP contribution in [0.25, 0.3) is 22.0 Å². The van der Waals surface area contributed by atoms with E-state index in [0.717, 1.165) is 59.0 Å². The average molecular weight is 680 g/mol. The van der Waals surface area contributed by atoms with Gasteiger partial charge in [-0.1, -0.05) is 54.6 Å². The van der Waals surface area contributed by atoms with E-state index < -0.39 is 11.5 Å². The van der Waals surface area contributed by atoms with E-state index >= 15 is 0 Å². The molecule has 1 saturated heterocycles. The number of benzene rings is 3. The zero-order valence-electron chi connectivity index (χ0n) is 29.9. The number of hydrogen-bond acceptors (Lipinski definition) is 6. The third-order valence-electron chi connectivity index (χ3n) is 9.74. The molecule has 1 saturated carbocycles. The number of carbonyl (C=O) groups is 3. The SMILES string of the molecule is COCCCn1cc(CN(C(=O)[C@H]2CN(C(=O)OC(C)(C)C)CC[C@@H]2c2cccc(-c3cccc(C(=O)OC)c3)c2)C2CC2)c2ccccc21. The maximum atomic E-state index is 15.0. The fourth-order valence-corrected chi connectivity index (χ4v) is 7.17. The molecule has 0 N–H and O–H groups in total. The minimum absolute atomic E-state index is 0.0695. The zero-order chi connectivity index (χ0) is 35.4. The van der Waals surface area contributed by atoms with Crippen molar-refractivity contribution in [2.45, 2.75) is 77.1 Å². The van der Waals surface area contributed by atoms with Gasteiger partial charge in [0.15, 0.2) is 0 Å². The minimum atomic E-state index is -0.641. The van der Waals surface area contributed by atoms with Crippen LogP contribution in [0.2, 0.25) is 0 Å². The van der Waals surface area contributed by atoms with E-state index in [2.05, 4.69) is 52.1 Å². The molecule has 0 bridgehead atoms. The Balaban J connectivity index is 1.33.